The Kier molecular flexibility index (Phi) is 5.75. The van der Waals surface area contributed by atoms with Gasteiger partial charge in [0.25, 0.3) is 11.6 Å². The third kappa shape index (κ3) is 4.79. The number of nitro benzene ring substituents is 1. The SMILES string of the molecule is Cc1cc(C)cc(OCCN(C)C(=O)c2ccc(C)c([N+](=O)[O-])c2)c1. The highest BCUT2D eigenvalue weighted by atomic mass is 16.6. The van der Waals surface area contributed by atoms with E-state index in [0.717, 1.165) is 16.9 Å². The molecule has 0 aliphatic rings. The Hall–Kier alpha value is -2.89. The molecule has 25 heavy (non-hydrogen) atoms. The van der Waals surface area contributed by atoms with Crippen molar-refractivity contribution in [1.82, 2.24) is 4.90 Å². The third-order valence-electron chi connectivity index (χ3n) is 3.89. The molecule has 0 saturated heterocycles. The fourth-order valence-electron chi connectivity index (χ4n) is 2.58. The number of rotatable bonds is 6. The van der Waals surface area contributed by atoms with E-state index in [0.29, 0.717) is 24.3 Å². The maximum atomic E-state index is 12.4. The van der Waals surface area contributed by atoms with Gasteiger partial charge in [0.2, 0.25) is 0 Å². The number of likely N-dealkylation sites (N-methyl/N-ethyl adjacent to an activating group) is 1. The molecule has 2 aromatic carbocycles. The molecule has 0 saturated carbocycles. The van der Waals surface area contributed by atoms with E-state index in [1.165, 1.54) is 11.0 Å². The summed E-state index contributed by atoms with van der Waals surface area (Å²) >= 11 is 0. The van der Waals surface area contributed by atoms with Crippen LogP contribution in [0, 0.1) is 30.9 Å². The van der Waals surface area contributed by atoms with Gasteiger partial charge in [-0.25, -0.2) is 0 Å². The van der Waals surface area contributed by atoms with Gasteiger partial charge < -0.3 is 9.64 Å². The van der Waals surface area contributed by atoms with Gasteiger partial charge in [-0.1, -0.05) is 12.1 Å². The number of nitrogens with zero attached hydrogens (tertiary/aromatic N) is 2. The molecule has 0 N–H and O–H groups in total. The lowest BCUT2D eigenvalue weighted by molar-refractivity contribution is -0.385. The van der Waals surface area contributed by atoms with E-state index in [1.54, 1.807) is 26.1 Å². The number of aryl methyl sites for hydroxylation is 3. The molecule has 1 amide bonds. The first-order valence-corrected chi connectivity index (χ1v) is 7.99. The minimum absolute atomic E-state index is 0.0502. The number of benzene rings is 2. The average molecular weight is 342 g/mol. The number of nitro groups is 1. The summed E-state index contributed by atoms with van der Waals surface area (Å²) in [4.78, 5) is 24.5. The number of amides is 1. The van der Waals surface area contributed by atoms with Crippen LogP contribution in [0.4, 0.5) is 5.69 Å². The molecule has 0 atom stereocenters. The number of hydrogen-bond acceptors (Lipinski definition) is 4. The Morgan fingerprint density at radius 1 is 1.12 bits per heavy atom. The standard InChI is InChI=1S/C19H22N2O4/c1-13-9-14(2)11-17(10-13)25-8-7-20(4)19(22)16-6-5-15(3)18(12-16)21(23)24/h5-6,9-12H,7-8H2,1-4H3. The molecule has 6 heteroatoms. The number of hydrogen-bond donors (Lipinski definition) is 0. The largest absolute Gasteiger partial charge is 0.492 e. The van der Waals surface area contributed by atoms with Gasteiger partial charge in [-0.15, -0.1) is 0 Å². The third-order valence-corrected chi connectivity index (χ3v) is 3.89. The van der Waals surface area contributed by atoms with E-state index in [-0.39, 0.29) is 11.6 Å². The lowest BCUT2D eigenvalue weighted by atomic mass is 10.1. The van der Waals surface area contributed by atoms with E-state index in [4.69, 9.17) is 4.74 Å². The molecule has 0 aliphatic heterocycles. The van der Waals surface area contributed by atoms with Crippen molar-refractivity contribution in [2.24, 2.45) is 0 Å². The lowest BCUT2D eigenvalue weighted by Gasteiger charge is -2.18. The van der Waals surface area contributed by atoms with Crippen molar-refractivity contribution in [3.8, 4) is 5.75 Å². The fraction of sp³-hybridized carbons (Fsp3) is 0.316. The van der Waals surface area contributed by atoms with E-state index < -0.39 is 4.92 Å². The van der Waals surface area contributed by atoms with Crippen LogP contribution in [0.1, 0.15) is 27.0 Å². The van der Waals surface area contributed by atoms with Crippen molar-refractivity contribution in [2.45, 2.75) is 20.8 Å². The maximum Gasteiger partial charge on any atom is 0.273 e. The van der Waals surface area contributed by atoms with Crippen molar-refractivity contribution in [1.29, 1.82) is 0 Å². The molecular formula is C19H22N2O4. The second-order valence-electron chi connectivity index (χ2n) is 6.16. The predicted octanol–water partition coefficient (Wildman–Crippen LogP) is 3.67. The summed E-state index contributed by atoms with van der Waals surface area (Å²) < 4.78 is 5.70. The molecule has 0 radical (unpaired) electrons. The first-order chi connectivity index (χ1) is 11.8. The molecule has 2 rings (SSSR count). The van der Waals surface area contributed by atoms with Crippen molar-refractivity contribution in [2.75, 3.05) is 20.2 Å². The first kappa shape index (κ1) is 18.4. The van der Waals surface area contributed by atoms with E-state index in [9.17, 15) is 14.9 Å². The van der Waals surface area contributed by atoms with Crippen LogP contribution in [-0.4, -0.2) is 35.9 Å². The summed E-state index contributed by atoms with van der Waals surface area (Å²) in [6, 6.07) is 10.5. The van der Waals surface area contributed by atoms with Crippen LogP contribution in [-0.2, 0) is 0 Å². The normalized spacial score (nSPS) is 10.4. The maximum absolute atomic E-state index is 12.4. The van der Waals surface area contributed by atoms with Gasteiger partial charge in [-0.3, -0.25) is 14.9 Å². The number of carbonyl (C=O) groups excluding carboxylic acids is 1. The average Bonchev–Trinajstić information content (AvgIpc) is 2.53. The van der Waals surface area contributed by atoms with Crippen LogP contribution in [0.5, 0.6) is 5.75 Å². The summed E-state index contributed by atoms with van der Waals surface area (Å²) in [5.41, 5.74) is 3.01. The van der Waals surface area contributed by atoms with Crippen molar-refractivity contribution < 1.29 is 14.5 Å². The van der Waals surface area contributed by atoms with Gasteiger partial charge in [-0.2, -0.15) is 0 Å². The first-order valence-electron chi connectivity index (χ1n) is 7.99. The van der Waals surface area contributed by atoms with E-state index in [1.807, 2.05) is 26.0 Å². The van der Waals surface area contributed by atoms with Crippen LogP contribution in [0.15, 0.2) is 36.4 Å². The molecular weight excluding hydrogens is 320 g/mol. The zero-order valence-corrected chi connectivity index (χ0v) is 14.9. The fourth-order valence-corrected chi connectivity index (χ4v) is 2.58. The monoisotopic (exact) mass is 342 g/mol. The molecule has 0 bridgehead atoms. The summed E-state index contributed by atoms with van der Waals surface area (Å²) in [7, 11) is 1.65. The van der Waals surface area contributed by atoms with Crippen LogP contribution in [0.2, 0.25) is 0 Å². The van der Waals surface area contributed by atoms with Gasteiger partial charge in [0, 0.05) is 24.2 Å². The zero-order valence-electron chi connectivity index (χ0n) is 14.9. The Morgan fingerprint density at radius 3 is 2.36 bits per heavy atom. The van der Waals surface area contributed by atoms with Gasteiger partial charge >= 0.3 is 0 Å². The summed E-state index contributed by atoms with van der Waals surface area (Å²) in [5.74, 6) is 0.497. The lowest BCUT2D eigenvalue weighted by Crippen LogP contribution is -2.31. The topological polar surface area (TPSA) is 72.7 Å². The molecule has 6 nitrogen and oxygen atoms in total. The molecule has 0 aliphatic carbocycles. The minimum atomic E-state index is -0.477. The van der Waals surface area contributed by atoms with Crippen molar-refractivity contribution in [3.63, 3.8) is 0 Å². The Labute approximate surface area is 147 Å². The van der Waals surface area contributed by atoms with E-state index in [2.05, 4.69) is 6.07 Å². The van der Waals surface area contributed by atoms with Crippen LogP contribution in [0.25, 0.3) is 0 Å². The Morgan fingerprint density at radius 2 is 1.76 bits per heavy atom. The smallest absolute Gasteiger partial charge is 0.273 e. The summed E-state index contributed by atoms with van der Waals surface area (Å²) in [5, 5.41) is 11.0. The predicted molar refractivity (Wildman–Crippen MR) is 96.2 cm³/mol. The molecule has 0 aromatic heterocycles. The number of ether oxygens (including phenoxy) is 1. The molecule has 132 valence electrons. The van der Waals surface area contributed by atoms with Crippen molar-refractivity contribution >= 4 is 11.6 Å². The molecule has 0 fully saturated rings. The summed E-state index contributed by atoms with van der Waals surface area (Å²) in [6.07, 6.45) is 0. The van der Waals surface area contributed by atoms with Crippen LogP contribution >= 0.6 is 0 Å². The van der Waals surface area contributed by atoms with Gasteiger partial charge in [-0.05, 0) is 50.1 Å². The summed E-state index contributed by atoms with van der Waals surface area (Å²) in [6.45, 7) is 6.37. The molecule has 0 spiro atoms. The van der Waals surface area contributed by atoms with Crippen molar-refractivity contribution in [3.05, 3.63) is 68.8 Å². The van der Waals surface area contributed by atoms with Gasteiger partial charge in [0.1, 0.15) is 12.4 Å². The second kappa shape index (κ2) is 7.79. The number of carbonyl (C=O) groups is 1. The minimum Gasteiger partial charge on any atom is -0.492 e. The van der Waals surface area contributed by atoms with Crippen LogP contribution in [0.3, 0.4) is 0 Å². The highest BCUT2D eigenvalue weighted by Gasteiger charge is 2.17. The van der Waals surface area contributed by atoms with E-state index >= 15 is 0 Å². The highest BCUT2D eigenvalue weighted by molar-refractivity contribution is 5.94. The quantitative estimate of drug-likeness (QED) is 0.593. The zero-order chi connectivity index (χ0) is 18.6. The highest BCUT2D eigenvalue weighted by Crippen LogP contribution is 2.20. The van der Waals surface area contributed by atoms with Crippen LogP contribution < -0.4 is 4.74 Å². The Bertz CT molecular complexity index is 782. The molecule has 0 heterocycles. The Balaban J connectivity index is 1.98. The second-order valence-corrected chi connectivity index (χ2v) is 6.16. The molecule has 0 unspecified atom stereocenters. The van der Waals surface area contributed by atoms with Gasteiger partial charge in [0.05, 0.1) is 11.5 Å². The molecule has 2 aromatic rings. The van der Waals surface area contributed by atoms with Gasteiger partial charge in [0.15, 0.2) is 0 Å².